The molecule has 0 atom stereocenters. The molecule has 0 bridgehead atoms. The lowest BCUT2D eigenvalue weighted by atomic mass is 10.1. The van der Waals surface area contributed by atoms with Gasteiger partial charge < -0.3 is 10.1 Å². The second-order valence-electron chi connectivity index (χ2n) is 7.79. The summed E-state index contributed by atoms with van der Waals surface area (Å²) in [6, 6.07) is 14.6. The number of thioether (sulfide) groups is 1. The zero-order valence-electron chi connectivity index (χ0n) is 19.0. The summed E-state index contributed by atoms with van der Waals surface area (Å²) in [5.74, 6) is -0.585. The van der Waals surface area contributed by atoms with Crippen LogP contribution < -0.4 is 5.32 Å². The Morgan fingerprint density at radius 2 is 1.89 bits per heavy atom. The van der Waals surface area contributed by atoms with Crippen LogP contribution in [0.15, 0.2) is 53.4 Å². The molecule has 7 nitrogen and oxygen atoms in total. The molecule has 0 saturated carbocycles. The van der Waals surface area contributed by atoms with Crippen molar-refractivity contribution in [3.63, 3.8) is 0 Å². The minimum Gasteiger partial charge on any atom is -0.465 e. The van der Waals surface area contributed by atoms with Crippen molar-refractivity contribution >= 4 is 78.8 Å². The first kappa shape index (κ1) is 25.0. The molecule has 1 saturated heterocycles. The molecule has 1 aliphatic rings. The van der Waals surface area contributed by atoms with Crippen LogP contribution in [0.4, 0.5) is 5.13 Å². The van der Waals surface area contributed by atoms with Crippen molar-refractivity contribution in [3.8, 4) is 0 Å². The number of para-hydroxylation sites is 1. The number of methoxy groups -OCH3 is 1. The van der Waals surface area contributed by atoms with Gasteiger partial charge in [0, 0.05) is 13.0 Å². The van der Waals surface area contributed by atoms with Gasteiger partial charge in [-0.2, -0.15) is 0 Å². The van der Waals surface area contributed by atoms with Gasteiger partial charge in [0.15, 0.2) is 5.13 Å². The second kappa shape index (κ2) is 11.6. The molecule has 0 aliphatic carbocycles. The minimum absolute atomic E-state index is 0.0594. The van der Waals surface area contributed by atoms with E-state index in [9.17, 15) is 14.4 Å². The van der Waals surface area contributed by atoms with Gasteiger partial charge in [-0.1, -0.05) is 66.0 Å². The molecule has 35 heavy (non-hydrogen) atoms. The SMILES string of the molecule is COC(=O)c1ccc(/C=C2\SC(=S)N(CCCCCC(=O)Nc3nc4ccccc4s3)C2=O)cc1. The van der Waals surface area contributed by atoms with Crippen LogP contribution in [0.25, 0.3) is 16.3 Å². The highest BCUT2D eigenvalue weighted by Gasteiger charge is 2.31. The number of rotatable bonds is 9. The van der Waals surface area contributed by atoms with Gasteiger partial charge in [-0.25, -0.2) is 9.78 Å². The van der Waals surface area contributed by atoms with E-state index >= 15 is 0 Å². The summed E-state index contributed by atoms with van der Waals surface area (Å²) in [4.78, 5) is 43.2. The Kier molecular flexibility index (Phi) is 8.27. The predicted octanol–water partition coefficient (Wildman–Crippen LogP) is 5.48. The number of amides is 2. The Morgan fingerprint density at radius 3 is 2.63 bits per heavy atom. The van der Waals surface area contributed by atoms with Crippen molar-refractivity contribution in [2.45, 2.75) is 25.7 Å². The lowest BCUT2D eigenvalue weighted by Crippen LogP contribution is -2.29. The number of aromatic nitrogens is 1. The van der Waals surface area contributed by atoms with Crippen LogP contribution in [-0.4, -0.2) is 45.6 Å². The summed E-state index contributed by atoms with van der Waals surface area (Å²) in [6.45, 7) is 0.517. The molecule has 0 spiro atoms. The van der Waals surface area contributed by atoms with Gasteiger partial charge in [-0.3, -0.25) is 14.5 Å². The van der Waals surface area contributed by atoms with Gasteiger partial charge in [0.2, 0.25) is 5.91 Å². The number of hydrogen-bond acceptors (Lipinski definition) is 8. The quantitative estimate of drug-likeness (QED) is 0.171. The number of carbonyl (C=O) groups is 3. The van der Waals surface area contributed by atoms with E-state index in [2.05, 4.69) is 10.3 Å². The molecule has 10 heteroatoms. The molecule has 1 aromatic heterocycles. The van der Waals surface area contributed by atoms with Crippen LogP contribution in [0.5, 0.6) is 0 Å². The van der Waals surface area contributed by atoms with Gasteiger partial charge in [-0.05, 0) is 48.7 Å². The van der Waals surface area contributed by atoms with E-state index < -0.39 is 5.97 Å². The number of carbonyl (C=O) groups excluding carboxylic acids is 3. The Bertz CT molecular complexity index is 1270. The van der Waals surface area contributed by atoms with Crippen LogP contribution in [-0.2, 0) is 14.3 Å². The molecular formula is C25H23N3O4S3. The highest BCUT2D eigenvalue weighted by molar-refractivity contribution is 8.26. The van der Waals surface area contributed by atoms with Gasteiger partial charge in [0.05, 0.1) is 27.8 Å². The highest BCUT2D eigenvalue weighted by atomic mass is 32.2. The zero-order valence-corrected chi connectivity index (χ0v) is 21.4. The number of thiazole rings is 1. The molecular weight excluding hydrogens is 502 g/mol. The van der Waals surface area contributed by atoms with Crippen molar-refractivity contribution < 1.29 is 19.1 Å². The summed E-state index contributed by atoms with van der Waals surface area (Å²) in [5, 5.41) is 3.48. The van der Waals surface area contributed by atoms with E-state index in [0.29, 0.717) is 39.3 Å². The number of unbranched alkanes of at least 4 members (excludes halogenated alkanes) is 2. The average Bonchev–Trinajstić information content (AvgIpc) is 3.38. The number of esters is 1. The van der Waals surface area contributed by atoms with Crippen LogP contribution in [0, 0.1) is 0 Å². The van der Waals surface area contributed by atoms with Crippen molar-refractivity contribution in [2.24, 2.45) is 0 Å². The Balaban J connectivity index is 1.21. The first-order valence-corrected chi connectivity index (χ1v) is 13.1. The summed E-state index contributed by atoms with van der Waals surface area (Å²) >= 11 is 8.13. The monoisotopic (exact) mass is 525 g/mol. The fraction of sp³-hybridized carbons (Fsp3) is 0.240. The van der Waals surface area contributed by atoms with E-state index in [0.717, 1.165) is 28.6 Å². The lowest BCUT2D eigenvalue weighted by Gasteiger charge is -2.14. The number of fused-ring (bicyclic) bond motifs is 1. The zero-order chi connectivity index (χ0) is 24.8. The molecule has 3 aromatic rings. The summed E-state index contributed by atoms with van der Waals surface area (Å²) in [7, 11) is 1.33. The third-order valence-corrected chi connectivity index (χ3v) is 7.66. The number of hydrogen-bond donors (Lipinski definition) is 1. The van der Waals surface area contributed by atoms with Gasteiger partial charge in [-0.15, -0.1) is 0 Å². The fourth-order valence-corrected chi connectivity index (χ4v) is 5.71. The maximum absolute atomic E-state index is 12.8. The third kappa shape index (κ3) is 6.33. The van der Waals surface area contributed by atoms with Gasteiger partial charge >= 0.3 is 5.97 Å². The molecule has 0 radical (unpaired) electrons. The summed E-state index contributed by atoms with van der Waals surface area (Å²) in [5.41, 5.74) is 2.13. The molecule has 2 aromatic carbocycles. The molecule has 1 aliphatic heterocycles. The van der Waals surface area contributed by atoms with E-state index in [1.807, 2.05) is 24.3 Å². The van der Waals surface area contributed by atoms with Crippen molar-refractivity contribution in [1.82, 2.24) is 9.88 Å². The largest absolute Gasteiger partial charge is 0.465 e. The standard InChI is InChI=1S/C25H23N3O4S3/c1-32-23(31)17-12-10-16(11-13-17)15-20-22(30)28(25(33)35-20)14-6-2-3-9-21(29)27-24-26-18-7-4-5-8-19(18)34-24/h4-5,7-8,10-13,15H,2-3,6,9,14H2,1H3,(H,26,27,29)/b20-15-. The molecule has 2 amide bonds. The number of anilines is 1. The predicted molar refractivity (Wildman–Crippen MR) is 144 cm³/mol. The van der Waals surface area contributed by atoms with Gasteiger partial charge in [0.25, 0.3) is 5.91 Å². The lowest BCUT2D eigenvalue weighted by molar-refractivity contribution is -0.122. The number of ether oxygens (including phenoxy) is 1. The van der Waals surface area contributed by atoms with Crippen molar-refractivity contribution in [3.05, 3.63) is 64.6 Å². The number of nitrogens with one attached hydrogen (secondary N) is 1. The Labute approximate surface area is 216 Å². The van der Waals surface area contributed by atoms with Crippen LogP contribution in [0.2, 0.25) is 0 Å². The van der Waals surface area contributed by atoms with E-state index in [4.69, 9.17) is 17.0 Å². The molecule has 1 fully saturated rings. The van der Waals surface area contributed by atoms with E-state index in [1.54, 1.807) is 35.2 Å². The van der Waals surface area contributed by atoms with Crippen LogP contribution >= 0.6 is 35.3 Å². The van der Waals surface area contributed by atoms with Crippen LogP contribution in [0.1, 0.15) is 41.6 Å². The Hall–Kier alpha value is -3.08. The number of nitrogens with zero attached hydrogens (tertiary/aromatic N) is 2. The average molecular weight is 526 g/mol. The smallest absolute Gasteiger partial charge is 0.337 e. The maximum Gasteiger partial charge on any atom is 0.337 e. The first-order valence-electron chi connectivity index (χ1n) is 11.0. The number of benzene rings is 2. The fourth-order valence-electron chi connectivity index (χ4n) is 3.52. The molecule has 1 N–H and O–H groups in total. The number of thiocarbonyl (C=S) groups is 1. The topological polar surface area (TPSA) is 88.6 Å². The second-order valence-corrected chi connectivity index (χ2v) is 10.5. The van der Waals surface area contributed by atoms with E-state index in [-0.39, 0.29) is 11.8 Å². The van der Waals surface area contributed by atoms with Crippen molar-refractivity contribution in [2.75, 3.05) is 19.0 Å². The highest BCUT2D eigenvalue weighted by Crippen LogP contribution is 2.33. The maximum atomic E-state index is 12.8. The molecule has 180 valence electrons. The molecule has 2 heterocycles. The molecule has 4 rings (SSSR count). The third-order valence-electron chi connectivity index (χ3n) is 5.33. The van der Waals surface area contributed by atoms with Crippen LogP contribution in [0.3, 0.4) is 0 Å². The normalized spacial score (nSPS) is 14.7. The molecule has 0 unspecified atom stereocenters. The first-order chi connectivity index (χ1) is 16.9. The summed E-state index contributed by atoms with van der Waals surface area (Å²) in [6.07, 6.45) is 4.44. The van der Waals surface area contributed by atoms with Gasteiger partial charge in [0.1, 0.15) is 4.32 Å². The summed E-state index contributed by atoms with van der Waals surface area (Å²) < 4.78 is 6.27. The van der Waals surface area contributed by atoms with Crippen molar-refractivity contribution in [1.29, 1.82) is 0 Å². The van der Waals surface area contributed by atoms with E-state index in [1.165, 1.54) is 30.2 Å². The minimum atomic E-state index is -0.405. The Morgan fingerprint density at radius 1 is 1.11 bits per heavy atom.